The molecule has 0 aromatic heterocycles. The topological polar surface area (TPSA) is 38.0 Å². The van der Waals surface area contributed by atoms with Gasteiger partial charge in [0.25, 0.3) is 0 Å². The molecule has 0 aliphatic heterocycles. The smallest absolute Gasteiger partial charge is 0.0481 e. The molecule has 1 aliphatic carbocycles. The van der Waals surface area contributed by atoms with Crippen molar-refractivity contribution in [1.82, 2.24) is 5.43 Å². The Morgan fingerprint density at radius 2 is 2.30 bits per heavy atom. The minimum atomic E-state index is 0.502. The lowest BCUT2D eigenvalue weighted by Crippen LogP contribution is -2.19. The Labute approximate surface area is 61.1 Å². The largest absolute Gasteiger partial charge is 0.324 e. The Bertz CT molecular complexity index is 189. The molecule has 10 heavy (non-hydrogen) atoms. The van der Waals surface area contributed by atoms with Crippen LogP contribution in [0.25, 0.3) is 0 Å². The summed E-state index contributed by atoms with van der Waals surface area (Å²) in [5.41, 5.74) is 3.53. The van der Waals surface area contributed by atoms with Crippen LogP contribution in [0.2, 0.25) is 0 Å². The highest BCUT2D eigenvalue weighted by molar-refractivity contribution is 5.26. The van der Waals surface area contributed by atoms with Crippen LogP contribution in [0.4, 0.5) is 0 Å². The first-order valence-electron chi connectivity index (χ1n) is 3.36. The van der Waals surface area contributed by atoms with Gasteiger partial charge in [-0.2, -0.15) is 0 Å². The van der Waals surface area contributed by atoms with Gasteiger partial charge >= 0.3 is 0 Å². The molecule has 0 heterocycles. The molecule has 0 aromatic rings. The molecule has 0 amide bonds. The molecular weight excluding hydrogens is 124 g/mol. The van der Waals surface area contributed by atoms with Crippen molar-refractivity contribution in [2.45, 2.75) is 6.92 Å². The molecule has 0 fully saturated rings. The number of hydrogen-bond donors (Lipinski definition) is 2. The average molecular weight is 136 g/mol. The minimum absolute atomic E-state index is 0.502. The van der Waals surface area contributed by atoms with Crippen molar-refractivity contribution in [2.75, 3.05) is 0 Å². The third kappa shape index (κ3) is 1.74. The molecule has 0 bridgehead atoms. The molecule has 3 N–H and O–H groups in total. The fourth-order valence-electron chi connectivity index (χ4n) is 0.806. The quantitative estimate of drug-likeness (QED) is 0.418. The van der Waals surface area contributed by atoms with Gasteiger partial charge in [0, 0.05) is 5.70 Å². The van der Waals surface area contributed by atoms with Crippen LogP contribution in [0.3, 0.4) is 0 Å². The van der Waals surface area contributed by atoms with E-state index < -0.39 is 0 Å². The fraction of sp³-hybridized carbons (Fsp3) is 0.250. The molecule has 0 spiro atoms. The molecule has 0 saturated carbocycles. The maximum absolute atomic E-state index is 5.21. The highest BCUT2D eigenvalue weighted by atomic mass is 15.2. The highest BCUT2D eigenvalue weighted by Gasteiger charge is 1.93. The van der Waals surface area contributed by atoms with E-state index in [4.69, 9.17) is 5.84 Å². The van der Waals surface area contributed by atoms with E-state index in [1.807, 2.05) is 18.2 Å². The van der Waals surface area contributed by atoms with Crippen molar-refractivity contribution in [2.24, 2.45) is 11.8 Å². The molecule has 2 nitrogen and oxygen atoms in total. The van der Waals surface area contributed by atoms with Crippen LogP contribution in [-0.2, 0) is 0 Å². The van der Waals surface area contributed by atoms with Crippen LogP contribution in [0.5, 0.6) is 0 Å². The van der Waals surface area contributed by atoms with Crippen LogP contribution in [-0.4, -0.2) is 0 Å². The lowest BCUT2D eigenvalue weighted by Gasteiger charge is -1.96. The zero-order chi connectivity index (χ0) is 7.40. The zero-order valence-corrected chi connectivity index (χ0v) is 6.04. The van der Waals surface area contributed by atoms with Gasteiger partial charge in [0.05, 0.1) is 0 Å². The second kappa shape index (κ2) is 3.22. The average Bonchev–Trinajstić information content (AvgIpc) is 2.14. The van der Waals surface area contributed by atoms with Gasteiger partial charge < -0.3 is 5.43 Å². The van der Waals surface area contributed by atoms with E-state index >= 15 is 0 Å². The number of hydrazine groups is 1. The molecule has 1 unspecified atom stereocenters. The van der Waals surface area contributed by atoms with E-state index in [9.17, 15) is 0 Å². The molecule has 2 heteroatoms. The summed E-state index contributed by atoms with van der Waals surface area (Å²) in [5.74, 6) is 5.72. The summed E-state index contributed by atoms with van der Waals surface area (Å²) < 4.78 is 0. The van der Waals surface area contributed by atoms with E-state index in [0.717, 1.165) is 5.70 Å². The summed E-state index contributed by atoms with van der Waals surface area (Å²) in [6.45, 7) is 2.13. The molecule has 0 aromatic carbocycles. The van der Waals surface area contributed by atoms with Crippen molar-refractivity contribution in [3.8, 4) is 0 Å². The molecular formula is C8H12N2. The number of nitrogens with one attached hydrogen (secondary N) is 1. The maximum atomic E-state index is 5.21. The number of rotatable bonds is 1. The second-order valence-corrected chi connectivity index (χ2v) is 2.37. The van der Waals surface area contributed by atoms with Crippen molar-refractivity contribution in [3.05, 3.63) is 36.1 Å². The van der Waals surface area contributed by atoms with Crippen LogP contribution >= 0.6 is 0 Å². The highest BCUT2D eigenvalue weighted by Crippen LogP contribution is 2.06. The number of hydrogen-bond acceptors (Lipinski definition) is 2. The normalized spacial score (nSPS) is 23.8. The Morgan fingerprint density at radius 1 is 1.50 bits per heavy atom. The number of allylic oxidation sites excluding steroid dienone is 5. The fourth-order valence-corrected chi connectivity index (χ4v) is 0.806. The SMILES string of the molecule is CC1C=CC=C(NN)C=C1. The summed E-state index contributed by atoms with van der Waals surface area (Å²) >= 11 is 0. The summed E-state index contributed by atoms with van der Waals surface area (Å²) in [6.07, 6.45) is 10.1. The second-order valence-electron chi connectivity index (χ2n) is 2.37. The molecule has 54 valence electrons. The Balaban J connectivity index is 2.71. The van der Waals surface area contributed by atoms with Crippen molar-refractivity contribution in [1.29, 1.82) is 0 Å². The van der Waals surface area contributed by atoms with E-state index in [2.05, 4.69) is 24.5 Å². The van der Waals surface area contributed by atoms with Crippen molar-refractivity contribution in [3.63, 3.8) is 0 Å². The third-order valence-electron chi connectivity index (χ3n) is 1.44. The van der Waals surface area contributed by atoms with Crippen LogP contribution in [0.1, 0.15) is 6.92 Å². The van der Waals surface area contributed by atoms with Crippen molar-refractivity contribution < 1.29 is 0 Å². The lowest BCUT2D eigenvalue weighted by molar-refractivity contribution is 0.906. The van der Waals surface area contributed by atoms with Crippen molar-refractivity contribution >= 4 is 0 Å². The maximum Gasteiger partial charge on any atom is 0.0481 e. The molecule has 0 radical (unpaired) electrons. The first kappa shape index (κ1) is 7.09. The Kier molecular flexibility index (Phi) is 2.29. The third-order valence-corrected chi connectivity index (χ3v) is 1.44. The van der Waals surface area contributed by atoms with E-state index in [1.165, 1.54) is 0 Å². The Morgan fingerprint density at radius 3 is 3.00 bits per heavy atom. The zero-order valence-electron chi connectivity index (χ0n) is 6.04. The molecule has 1 atom stereocenters. The summed E-state index contributed by atoms with van der Waals surface area (Å²) in [4.78, 5) is 0. The summed E-state index contributed by atoms with van der Waals surface area (Å²) in [5, 5.41) is 0. The molecule has 0 saturated heterocycles. The summed E-state index contributed by atoms with van der Waals surface area (Å²) in [7, 11) is 0. The van der Waals surface area contributed by atoms with Gasteiger partial charge in [0.1, 0.15) is 0 Å². The van der Waals surface area contributed by atoms with E-state index in [-0.39, 0.29) is 0 Å². The van der Waals surface area contributed by atoms with Gasteiger partial charge in [-0.05, 0) is 18.1 Å². The first-order chi connectivity index (χ1) is 4.83. The minimum Gasteiger partial charge on any atom is -0.324 e. The monoisotopic (exact) mass is 136 g/mol. The van der Waals surface area contributed by atoms with Crippen LogP contribution in [0, 0.1) is 5.92 Å². The van der Waals surface area contributed by atoms with E-state index in [0.29, 0.717) is 5.92 Å². The molecule has 1 rings (SSSR count). The van der Waals surface area contributed by atoms with Crippen LogP contribution in [0.15, 0.2) is 36.1 Å². The standard InChI is InChI=1S/C8H12N2/c1-7-3-2-4-8(10-9)6-5-7/h2-7,10H,9H2,1H3. The van der Waals surface area contributed by atoms with Gasteiger partial charge in [0.2, 0.25) is 0 Å². The van der Waals surface area contributed by atoms with Crippen LogP contribution < -0.4 is 11.3 Å². The van der Waals surface area contributed by atoms with Gasteiger partial charge in [-0.15, -0.1) is 0 Å². The first-order valence-corrected chi connectivity index (χ1v) is 3.36. The lowest BCUT2D eigenvalue weighted by atomic mass is 10.2. The predicted molar refractivity (Wildman–Crippen MR) is 42.9 cm³/mol. The van der Waals surface area contributed by atoms with Gasteiger partial charge in [-0.3, -0.25) is 5.84 Å². The Hall–Kier alpha value is -1.02. The summed E-state index contributed by atoms with van der Waals surface area (Å²) in [6, 6.07) is 0. The predicted octanol–water partition coefficient (Wildman–Crippen LogP) is 1.10. The van der Waals surface area contributed by atoms with Gasteiger partial charge in [-0.1, -0.05) is 25.2 Å². The molecule has 1 aliphatic rings. The number of nitrogens with two attached hydrogens (primary N) is 1. The van der Waals surface area contributed by atoms with E-state index in [1.54, 1.807) is 0 Å². The van der Waals surface area contributed by atoms with Gasteiger partial charge in [0.15, 0.2) is 0 Å². The van der Waals surface area contributed by atoms with Gasteiger partial charge in [-0.25, -0.2) is 0 Å².